The van der Waals surface area contributed by atoms with Crippen molar-refractivity contribution in [2.24, 2.45) is 0 Å². The normalized spacial score (nSPS) is 12.1. The summed E-state index contributed by atoms with van der Waals surface area (Å²) in [6, 6.07) is 22.7. The summed E-state index contributed by atoms with van der Waals surface area (Å²) in [4.78, 5) is 20.7. The highest BCUT2D eigenvalue weighted by atomic mass is 32.2. The average Bonchev–Trinajstić information content (AvgIpc) is 3.31. The lowest BCUT2D eigenvalue weighted by Crippen LogP contribution is -2.12. The Balaban J connectivity index is 1.62. The number of unbranched alkanes of at least 4 members (excludes halogenated alkanes) is 1. The molecule has 0 radical (unpaired) electrons. The molecule has 2 aromatic heterocycles. The second kappa shape index (κ2) is 11.9. The molecule has 7 heteroatoms. The molecule has 0 saturated heterocycles. The lowest BCUT2D eigenvalue weighted by atomic mass is 10.0. The summed E-state index contributed by atoms with van der Waals surface area (Å²) in [7, 11) is -1.31. The van der Waals surface area contributed by atoms with Gasteiger partial charge in [-0.15, -0.1) is 0 Å². The van der Waals surface area contributed by atoms with Gasteiger partial charge in [-0.3, -0.25) is 14.0 Å². The molecule has 0 saturated carbocycles. The average molecular weight is 502 g/mol. The predicted molar refractivity (Wildman–Crippen MR) is 145 cm³/mol. The maximum absolute atomic E-state index is 11.8. The molecule has 0 spiro atoms. The van der Waals surface area contributed by atoms with Crippen LogP contribution in [-0.4, -0.2) is 41.3 Å². The highest BCUT2D eigenvalue weighted by molar-refractivity contribution is 7.85. The van der Waals surface area contributed by atoms with E-state index in [-0.39, 0.29) is 11.8 Å². The molecular weight excluding hydrogens is 470 g/mol. The van der Waals surface area contributed by atoms with E-state index in [1.54, 1.807) is 0 Å². The van der Waals surface area contributed by atoms with Gasteiger partial charge in [-0.1, -0.05) is 60.7 Å². The van der Waals surface area contributed by atoms with Gasteiger partial charge in [0.25, 0.3) is 0 Å². The van der Waals surface area contributed by atoms with Gasteiger partial charge in [0.05, 0.1) is 23.3 Å². The van der Waals surface area contributed by atoms with Crippen LogP contribution in [0.3, 0.4) is 0 Å². The van der Waals surface area contributed by atoms with Gasteiger partial charge >= 0.3 is 5.97 Å². The summed E-state index contributed by atoms with van der Waals surface area (Å²) < 4.78 is 14.1. The number of carbonyl (C=O) groups is 1. The van der Waals surface area contributed by atoms with Gasteiger partial charge in [-0.05, 0) is 39.2 Å². The molecule has 0 aliphatic carbocycles. The van der Waals surface area contributed by atoms with Crippen LogP contribution in [0.25, 0.3) is 33.8 Å². The minimum Gasteiger partial charge on any atom is -0.481 e. The number of hydrogen-bond donors (Lipinski definition) is 1. The number of carboxylic acid groups (broad SMARTS) is 1. The summed E-state index contributed by atoms with van der Waals surface area (Å²) in [5.41, 5.74) is 6.75. The first kappa shape index (κ1) is 25.5. The van der Waals surface area contributed by atoms with Crippen molar-refractivity contribution in [2.75, 3.05) is 11.5 Å². The van der Waals surface area contributed by atoms with Gasteiger partial charge in [-0.25, -0.2) is 4.98 Å². The maximum atomic E-state index is 11.8. The largest absolute Gasteiger partial charge is 0.481 e. The van der Waals surface area contributed by atoms with Crippen molar-refractivity contribution in [3.8, 4) is 33.8 Å². The quantitative estimate of drug-likeness (QED) is 0.254. The zero-order chi connectivity index (χ0) is 25.5. The van der Waals surface area contributed by atoms with Crippen LogP contribution in [0.1, 0.15) is 38.4 Å². The molecule has 1 N–H and O–H groups in total. The molecule has 2 heterocycles. The van der Waals surface area contributed by atoms with E-state index in [1.165, 1.54) is 5.69 Å². The second-order valence-electron chi connectivity index (χ2n) is 9.04. The topological polar surface area (TPSA) is 85.1 Å². The van der Waals surface area contributed by atoms with Crippen LogP contribution in [0.4, 0.5) is 0 Å². The molecule has 0 fully saturated rings. The van der Waals surface area contributed by atoms with Gasteiger partial charge in [0.2, 0.25) is 0 Å². The van der Waals surface area contributed by atoms with Crippen molar-refractivity contribution in [3.05, 3.63) is 84.8 Å². The number of carboxylic acids is 1. The van der Waals surface area contributed by atoms with Crippen molar-refractivity contribution in [1.29, 1.82) is 0 Å². The van der Waals surface area contributed by atoms with Crippen molar-refractivity contribution < 1.29 is 14.1 Å². The lowest BCUT2D eigenvalue weighted by Gasteiger charge is -2.12. The van der Waals surface area contributed by atoms with E-state index in [2.05, 4.69) is 42.8 Å². The van der Waals surface area contributed by atoms with Crippen molar-refractivity contribution in [1.82, 2.24) is 14.5 Å². The van der Waals surface area contributed by atoms with E-state index in [9.17, 15) is 9.00 Å². The smallest absolute Gasteiger partial charge is 0.316 e. The Morgan fingerprint density at radius 1 is 0.944 bits per heavy atom. The molecule has 36 heavy (non-hydrogen) atoms. The fraction of sp³-hybridized carbons (Fsp3) is 0.276. The Kier molecular flexibility index (Phi) is 8.44. The number of rotatable bonds is 11. The van der Waals surface area contributed by atoms with Crippen LogP contribution in [0.2, 0.25) is 0 Å². The van der Waals surface area contributed by atoms with E-state index >= 15 is 0 Å². The third-order valence-corrected chi connectivity index (χ3v) is 7.30. The maximum Gasteiger partial charge on any atom is 0.316 e. The first-order chi connectivity index (χ1) is 17.4. The van der Waals surface area contributed by atoms with Gasteiger partial charge in [0, 0.05) is 51.2 Å². The Hall–Kier alpha value is -3.58. The number of benzene rings is 2. The highest BCUT2D eigenvalue weighted by Gasteiger charge is 2.16. The van der Waals surface area contributed by atoms with Gasteiger partial charge in [0.1, 0.15) is 5.75 Å². The number of aromatic nitrogens is 3. The minimum absolute atomic E-state index is 0.278. The first-order valence-corrected chi connectivity index (χ1v) is 13.7. The van der Waals surface area contributed by atoms with E-state index in [1.807, 2.05) is 54.7 Å². The third kappa shape index (κ3) is 6.34. The van der Waals surface area contributed by atoms with E-state index in [0.717, 1.165) is 53.0 Å². The molecule has 186 valence electrons. The molecule has 1 atom stereocenters. The van der Waals surface area contributed by atoms with Gasteiger partial charge < -0.3 is 9.67 Å². The Morgan fingerprint density at radius 2 is 1.58 bits per heavy atom. The van der Waals surface area contributed by atoms with E-state index < -0.39 is 16.8 Å². The number of aryl methyl sites for hydroxylation is 1. The van der Waals surface area contributed by atoms with Crippen LogP contribution in [-0.2, 0) is 22.0 Å². The molecule has 0 aliphatic rings. The number of nitrogens with zero attached hydrogens (tertiary/aromatic N) is 3. The molecule has 0 amide bonds. The SMILES string of the molecule is CC(C)n1cc(-c2cnc(-c3ccccc3)c(-c3ccccc3)n2)cc1CCCCS(=O)CC(=O)O. The summed E-state index contributed by atoms with van der Waals surface area (Å²) in [6.45, 7) is 4.30. The Labute approximate surface area is 214 Å². The van der Waals surface area contributed by atoms with Crippen LogP contribution in [0.15, 0.2) is 79.1 Å². The molecule has 0 aliphatic heterocycles. The Bertz CT molecular complexity index is 1330. The first-order valence-electron chi connectivity index (χ1n) is 12.2. The standard InChI is InChI=1S/C29H31N3O3S/c1-21(2)32-19-24(17-25(32)15-9-10-16-36(35)20-27(33)34)26-18-30-28(22-11-5-3-6-12-22)29(31-26)23-13-7-4-8-14-23/h3-8,11-14,17-19,21H,9-10,15-16,20H2,1-2H3,(H,33,34). The summed E-state index contributed by atoms with van der Waals surface area (Å²) in [6.07, 6.45) is 6.36. The molecule has 2 aromatic carbocycles. The molecule has 6 nitrogen and oxygen atoms in total. The number of hydrogen-bond acceptors (Lipinski definition) is 4. The molecule has 0 bridgehead atoms. The van der Waals surface area contributed by atoms with Crippen molar-refractivity contribution >= 4 is 16.8 Å². The molecular formula is C29H31N3O3S. The number of aliphatic carboxylic acids is 1. The minimum atomic E-state index is -1.31. The molecule has 4 aromatic rings. The molecule has 1 unspecified atom stereocenters. The van der Waals surface area contributed by atoms with Crippen LogP contribution in [0, 0.1) is 0 Å². The fourth-order valence-electron chi connectivity index (χ4n) is 4.26. The molecule has 4 rings (SSSR count). The van der Waals surface area contributed by atoms with Gasteiger partial charge in [0.15, 0.2) is 0 Å². The van der Waals surface area contributed by atoms with E-state index in [4.69, 9.17) is 15.1 Å². The zero-order valence-electron chi connectivity index (χ0n) is 20.6. The third-order valence-electron chi connectivity index (χ3n) is 5.99. The summed E-state index contributed by atoms with van der Waals surface area (Å²) in [5, 5.41) is 8.79. The zero-order valence-corrected chi connectivity index (χ0v) is 21.4. The summed E-state index contributed by atoms with van der Waals surface area (Å²) in [5.74, 6) is -0.886. The fourth-order valence-corrected chi connectivity index (χ4v) is 5.20. The van der Waals surface area contributed by atoms with Gasteiger partial charge in [-0.2, -0.15) is 0 Å². The monoisotopic (exact) mass is 501 g/mol. The van der Waals surface area contributed by atoms with Crippen LogP contribution in [0.5, 0.6) is 0 Å². The summed E-state index contributed by atoms with van der Waals surface area (Å²) >= 11 is 0. The van der Waals surface area contributed by atoms with Crippen LogP contribution < -0.4 is 0 Å². The van der Waals surface area contributed by atoms with Crippen molar-refractivity contribution in [2.45, 2.75) is 39.2 Å². The lowest BCUT2D eigenvalue weighted by molar-refractivity contribution is -0.133. The van der Waals surface area contributed by atoms with Crippen molar-refractivity contribution in [3.63, 3.8) is 0 Å². The Morgan fingerprint density at radius 3 is 2.19 bits per heavy atom. The van der Waals surface area contributed by atoms with Crippen LogP contribution >= 0.6 is 0 Å². The highest BCUT2D eigenvalue weighted by Crippen LogP contribution is 2.32. The van der Waals surface area contributed by atoms with E-state index in [0.29, 0.717) is 5.75 Å². The second-order valence-corrected chi connectivity index (χ2v) is 10.6. The predicted octanol–water partition coefficient (Wildman–Crippen LogP) is 6.02.